The van der Waals surface area contributed by atoms with Crippen molar-refractivity contribution in [1.82, 2.24) is 19.4 Å². The van der Waals surface area contributed by atoms with Crippen LogP contribution in [0.3, 0.4) is 0 Å². The van der Waals surface area contributed by atoms with Crippen molar-refractivity contribution in [3.05, 3.63) is 94.0 Å². The number of aryl methyl sites for hydroxylation is 1. The number of hydrogen-bond donors (Lipinski definition) is 1. The van der Waals surface area contributed by atoms with E-state index in [1.807, 2.05) is 47.4 Å². The largest absolute Gasteiger partial charge is 0.489 e. The number of rotatable bonds is 5. The summed E-state index contributed by atoms with van der Waals surface area (Å²) in [6.45, 7) is 2.72. The molecule has 2 aliphatic rings. The van der Waals surface area contributed by atoms with Crippen molar-refractivity contribution in [2.75, 3.05) is 13.1 Å². The molecule has 192 valence electrons. The van der Waals surface area contributed by atoms with Crippen LogP contribution in [0.15, 0.2) is 71.7 Å². The van der Waals surface area contributed by atoms with Gasteiger partial charge in [0.1, 0.15) is 12.4 Å². The van der Waals surface area contributed by atoms with Gasteiger partial charge in [0.05, 0.1) is 17.2 Å². The highest BCUT2D eigenvalue weighted by Crippen LogP contribution is 2.32. The van der Waals surface area contributed by atoms with E-state index in [4.69, 9.17) is 4.74 Å². The van der Waals surface area contributed by atoms with Crippen molar-refractivity contribution in [3.8, 4) is 11.4 Å². The van der Waals surface area contributed by atoms with E-state index >= 15 is 0 Å². The van der Waals surface area contributed by atoms with Gasteiger partial charge in [-0.3, -0.25) is 14.2 Å². The maximum Gasteiger partial charge on any atom is 0.258 e. The summed E-state index contributed by atoms with van der Waals surface area (Å²) < 4.78 is 9.68. The lowest BCUT2D eigenvalue weighted by molar-refractivity contribution is -0.134. The summed E-state index contributed by atoms with van der Waals surface area (Å²) in [6, 6.07) is 19.3. The van der Waals surface area contributed by atoms with Gasteiger partial charge in [-0.1, -0.05) is 36.4 Å². The number of aromatic nitrogens is 2. The number of fused-ring (bicyclic) bond motifs is 3. The molecule has 37 heavy (non-hydrogen) atoms. The van der Waals surface area contributed by atoms with Crippen LogP contribution in [0.25, 0.3) is 16.6 Å². The van der Waals surface area contributed by atoms with Crippen molar-refractivity contribution >= 4 is 29.2 Å². The predicted molar refractivity (Wildman–Crippen MR) is 147 cm³/mol. The van der Waals surface area contributed by atoms with Crippen LogP contribution in [0, 0.1) is 0 Å². The normalized spacial score (nSPS) is 16.9. The van der Waals surface area contributed by atoms with Crippen LogP contribution in [0.1, 0.15) is 29.7 Å². The van der Waals surface area contributed by atoms with Gasteiger partial charge in [0, 0.05) is 55.5 Å². The van der Waals surface area contributed by atoms with E-state index in [9.17, 15) is 9.59 Å². The number of nitrogens with one attached hydrogen (secondary N) is 1. The molecule has 0 spiro atoms. The standard InChI is InChI=1S/C29H30N4O3.ClH/c1-31-26-12-14-32(29(35)25-8-5-13-30-25)18-24(26)23-10-9-21(16-27(23)31)33-15-11-22(17-28(33)34)36-19-20-6-3-2-4-7-20;/h2-4,6-7,9-11,15-17,25,30H,5,8,12-14,18-19H2,1H3;1H. The molecule has 4 aromatic rings. The van der Waals surface area contributed by atoms with Crippen molar-refractivity contribution in [3.63, 3.8) is 0 Å². The number of hydrogen-bond acceptors (Lipinski definition) is 4. The Morgan fingerprint density at radius 1 is 1.11 bits per heavy atom. The first-order valence-corrected chi connectivity index (χ1v) is 12.6. The number of ether oxygens (including phenoxy) is 1. The van der Waals surface area contributed by atoms with Crippen LogP contribution in [0.2, 0.25) is 0 Å². The van der Waals surface area contributed by atoms with Crippen molar-refractivity contribution < 1.29 is 9.53 Å². The van der Waals surface area contributed by atoms with Crippen LogP contribution < -0.4 is 15.6 Å². The zero-order valence-electron chi connectivity index (χ0n) is 20.9. The molecule has 1 unspecified atom stereocenters. The van der Waals surface area contributed by atoms with E-state index in [1.165, 1.54) is 17.3 Å². The average molecular weight is 519 g/mol. The molecular formula is C29H31ClN4O3. The maximum absolute atomic E-state index is 13.0. The van der Waals surface area contributed by atoms with E-state index in [0.717, 1.165) is 54.5 Å². The van der Waals surface area contributed by atoms with Gasteiger partial charge in [-0.05, 0) is 43.1 Å². The Balaban J connectivity index is 0.00000280. The lowest BCUT2D eigenvalue weighted by atomic mass is 10.0. The van der Waals surface area contributed by atoms with E-state index in [2.05, 4.69) is 29.1 Å². The Morgan fingerprint density at radius 3 is 2.70 bits per heavy atom. The van der Waals surface area contributed by atoms with Gasteiger partial charge >= 0.3 is 0 Å². The van der Waals surface area contributed by atoms with Crippen LogP contribution in [0.5, 0.6) is 5.75 Å². The quantitative estimate of drug-likeness (QED) is 0.434. The molecule has 1 saturated heterocycles. The highest BCUT2D eigenvalue weighted by molar-refractivity contribution is 5.89. The number of benzene rings is 2. The minimum atomic E-state index is -0.139. The van der Waals surface area contributed by atoms with Crippen molar-refractivity contribution in [1.29, 1.82) is 0 Å². The third-order valence-electron chi connectivity index (χ3n) is 7.48. The second-order valence-electron chi connectivity index (χ2n) is 9.69. The molecule has 7 nitrogen and oxygen atoms in total. The SMILES string of the molecule is Cl.Cn1c2c(c3ccc(-n4ccc(OCc5ccccc5)cc4=O)cc31)CN(C(=O)C1CCCN1)CC2. The Bertz CT molecular complexity index is 1490. The summed E-state index contributed by atoms with van der Waals surface area (Å²) in [6.07, 6.45) is 4.58. The lowest BCUT2D eigenvalue weighted by Crippen LogP contribution is -2.45. The smallest absolute Gasteiger partial charge is 0.258 e. The Morgan fingerprint density at radius 2 is 1.95 bits per heavy atom. The average Bonchev–Trinajstić information content (AvgIpc) is 3.55. The summed E-state index contributed by atoms with van der Waals surface area (Å²) in [7, 11) is 2.07. The number of nitrogens with zero attached hydrogens (tertiary/aromatic N) is 3. The first-order chi connectivity index (χ1) is 17.6. The zero-order valence-corrected chi connectivity index (χ0v) is 21.7. The summed E-state index contributed by atoms with van der Waals surface area (Å²) >= 11 is 0. The number of pyridine rings is 1. The van der Waals surface area contributed by atoms with Crippen LogP contribution in [-0.2, 0) is 31.4 Å². The fraction of sp³-hybridized carbons (Fsp3) is 0.310. The summed E-state index contributed by atoms with van der Waals surface area (Å²) in [5.41, 5.74) is 5.28. The zero-order chi connectivity index (χ0) is 24.6. The molecule has 0 bridgehead atoms. The van der Waals surface area contributed by atoms with E-state index in [1.54, 1.807) is 10.8 Å². The molecule has 6 rings (SSSR count). The van der Waals surface area contributed by atoms with Crippen LogP contribution in [0.4, 0.5) is 0 Å². The summed E-state index contributed by atoms with van der Waals surface area (Å²) in [5.74, 6) is 0.768. The van der Waals surface area contributed by atoms with Gasteiger partial charge in [0.25, 0.3) is 5.56 Å². The molecule has 1 atom stereocenters. The van der Waals surface area contributed by atoms with Gasteiger partial charge < -0.3 is 19.5 Å². The molecule has 0 saturated carbocycles. The second kappa shape index (κ2) is 10.4. The number of amides is 1. The number of halogens is 1. The third-order valence-corrected chi connectivity index (χ3v) is 7.48. The summed E-state index contributed by atoms with van der Waals surface area (Å²) in [5, 5.41) is 4.48. The highest BCUT2D eigenvalue weighted by Gasteiger charge is 2.31. The van der Waals surface area contributed by atoms with Gasteiger partial charge in [-0.2, -0.15) is 0 Å². The topological polar surface area (TPSA) is 68.5 Å². The fourth-order valence-corrected chi connectivity index (χ4v) is 5.52. The van der Waals surface area contributed by atoms with Gasteiger partial charge in [-0.25, -0.2) is 0 Å². The molecule has 1 amide bonds. The molecular weight excluding hydrogens is 488 g/mol. The predicted octanol–water partition coefficient (Wildman–Crippen LogP) is 3.97. The number of carbonyl (C=O) groups is 1. The molecule has 1 N–H and O–H groups in total. The molecule has 4 heterocycles. The molecule has 2 aromatic carbocycles. The monoisotopic (exact) mass is 518 g/mol. The highest BCUT2D eigenvalue weighted by atomic mass is 35.5. The molecule has 0 radical (unpaired) electrons. The minimum Gasteiger partial charge on any atom is -0.489 e. The first kappa shape index (κ1) is 25.1. The molecule has 8 heteroatoms. The lowest BCUT2D eigenvalue weighted by Gasteiger charge is -2.30. The minimum absolute atomic E-state index is 0. The van der Waals surface area contributed by atoms with E-state index in [0.29, 0.717) is 18.9 Å². The van der Waals surface area contributed by atoms with Crippen molar-refractivity contribution in [2.24, 2.45) is 7.05 Å². The Kier molecular flexibility index (Phi) is 7.09. The molecule has 1 fully saturated rings. The fourth-order valence-electron chi connectivity index (χ4n) is 5.52. The molecule has 2 aromatic heterocycles. The second-order valence-corrected chi connectivity index (χ2v) is 9.69. The van der Waals surface area contributed by atoms with Crippen molar-refractivity contribution in [2.45, 2.75) is 38.5 Å². The van der Waals surface area contributed by atoms with E-state index in [-0.39, 0.29) is 29.9 Å². The Hall–Kier alpha value is -3.55. The van der Waals surface area contributed by atoms with Gasteiger partial charge in [0.2, 0.25) is 5.91 Å². The third kappa shape index (κ3) is 4.77. The maximum atomic E-state index is 13.0. The molecule has 0 aliphatic carbocycles. The first-order valence-electron chi connectivity index (χ1n) is 12.6. The van der Waals surface area contributed by atoms with Crippen LogP contribution >= 0.6 is 12.4 Å². The molecule has 2 aliphatic heterocycles. The number of carbonyl (C=O) groups excluding carboxylic acids is 1. The van der Waals surface area contributed by atoms with Gasteiger partial charge in [-0.15, -0.1) is 12.4 Å². The van der Waals surface area contributed by atoms with E-state index < -0.39 is 0 Å². The Labute approximate surface area is 222 Å². The van der Waals surface area contributed by atoms with Crippen LogP contribution in [-0.4, -0.2) is 39.1 Å². The van der Waals surface area contributed by atoms with Gasteiger partial charge in [0.15, 0.2) is 0 Å². The summed E-state index contributed by atoms with van der Waals surface area (Å²) in [4.78, 5) is 27.9.